The number of carbonyl (C=O) groups is 3. The molecule has 1 aromatic carbocycles. The van der Waals surface area contributed by atoms with Crippen molar-refractivity contribution in [2.45, 2.75) is 44.8 Å². The molecule has 1 aromatic heterocycles. The maximum Gasteiger partial charge on any atom is 0.247 e. The van der Waals surface area contributed by atoms with E-state index in [4.69, 9.17) is 5.73 Å². The summed E-state index contributed by atoms with van der Waals surface area (Å²) in [5, 5.41) is 12.5. The third-order valence-electron chi connectivity index (χ3n) is 5.20. The number of hydrogen-bond acceptors (Lipinski definition) is 6. The number of nitrogens with one attached hydrogen (secondary N) is 4. The van der Waals surface area contributed by atoms with Gasteiger partial charge in [-0.1, -0.05) is 32.0 Å². The first kappa shape index (κ1) is 22.6. The molecule has 1 aliphatic rings. The lowest BCUT2D eigenvalue weighted by atomic mass is 10.0. The quantitative estimate of drug-likeness (QED) is 0.417. The smallest absolute Gasteiger partial charge is 0.247 e. The Hall–Kier alpha value is -3.04. The monoisotopic (exact) mass is 426 g/mol. The molecule has 9 heteroatoms. The predicted octanol–water partition coefficient (Wildman–Crippen LogP) is 0.510. The summed E-state index contributed by atoms with van der Waals surface area (Å²) in [6.07, 6.45) is 2.55. The molecular weight excluding hydrogens is 396 g/mol. The summed E-state index contributed by atoms with van der Waals surface area (Å²) in [4.78, 5) is 41.5. The van der Waals surface area contributed by atoms with E-state index in [1.54, 1.807) is 6.20 Å². The van der Waals surface area contributed by atoms with Crippen molar-refractivity contribution in [3.05, 3.63) is 36.5 Å². The van der Waals surface area contributed by atoms with Crippen LogP contribution in [0.5, 0.6) is 0 Å². The van der Waals surface area contributed by atoms with E-state index in [2.05, 4.69) is 26.3 Å². The van der Waals surface area contributed by atoms with Gasteiger partial charge in [-0.25, -0.2) is 0 Å². The van der Waals surface area contributed by atoms with Crippen molar-refractivity contribution in [1.82, 2.24) is 20.9 Å². The van der Waals surface area contributed by atoms with Crippen molar-refractivity contribution in [2.24, 2.45) is 11.7 Å². The fourth-order valence-corrected chi connectivity index (χ4v) is 3.68. The van der Waals surface area contributed by atoms with Crippen molar-refractivity contribution in [3.63, 3.8) is 0 Å². The van der Waals surface area contributed by atoms with E-state index in [-0.39, 0.29) is 36.2 Å². The highest BCUT2D eigenvalue weighted by Crippen LogP contribution is 2.17. The molecule has 3 atom stereocenters. The van der Waals surface area contributed by atoms with Crippen LogP contribution in [0, 0.1) is 5.92 Å². The van der Waals surface area contributed by atoms with Gasteiger partial charge in [0.05, 0.1) is 30.0 Å². The van der Waals surface area contributed by atoms with Gasteiger partial charge in [-0.05, 0) is 30.9 Å². The second-order valence-corrected chi connectivity index (χ2v) is 8.26. The zero-order chi connectivity index (χ0) is 22.4. The van der Waals surface area contributed by atoms with Crippen molar-refractivity contribution < 1.29 is 14.4 Å². The SMILES string of the molecule is CC(C)C[C@@H](NC(=O)[C@@H]1C[C@@H](NC(=O)CN)CN1)C(=O)Nc1cnc2ccccc2c1. The van der Waals surface area contributed by atoms with Crippen LogP contribution in [0.25, 0.3) is 10.9 Å². The number of nitrogens with two attached hydrogens (primary N) is 1. The van der Waals surface area contributed by atoms with E-state index in [1.807, 2.05) is 44.2 Å². The molecule has 6 N–H and O–H groups in total. The summed E-state index contributed by atoms with van der Waals surface area (Å²) in [5.74, 6) is -0.597. The number of hydrogen-bond donors (Lipinski definition) is 5. The van der Waals surface area contributed by atoms with Crippen LogP contribution in [-0.2, 0) is 14.4 Å². The molecular formula is C22H30N6O3. The van der Waals surface area contributed by atoms with Crippen molar-refractivity contribution >= 4 is 34.3 Å². The maximum absolute atomic E-state index is 12.9. The van der Waals surface area contributed by atoms with Gasteiger partial charge in [0.2, 0.25) is 17.7 Å². The zero-order valence-electron chi connectivity index (χ0n) is 17.9. The highest BCUT2D eigenvalue weighted by molar-refractivity contribution is 5.99. The summed E-state index contributed by atoms with van der Waals surface area (Å²) < 4.78 is 0. The van der Waals surface area contributed by atoms with E-state index in [0.29, 0.717) is 25.1 Å². The Kier molecular flexibility index (Phi) is 7.54. The molecule has 0 unspecified atom stereocenters. The first-order chi connectivity index (χ1) is 14.9. The lowest BCUT2D eigenvalue weighted by Gasteiger charge is -2.22. The molecule has 3 amide bonds. The first-order valence-electron chi connectivity index (χ1n) is 10.5. The Morgan fingerprint density at radius 3 is 2.77 bits per heavy atom. The molecule has 1 aliphatic heterocycles. The van der Waals surface area contributed by atoms with Crippen molar-refractivity contribution in [2.75, 3.05) is 18.4 Å². The fourth-order valence-electron chi connectivity index (χ4n) is 3.68. The van der Waals surface area contributed by atoms with Crippen molar-refractivity contribution in [3.8, 4) is 0 Å². The van der Waals surface area contributed by atoms with Crippen LogP contribution in [0.2, 0.25) is 0 Å². The fraction of sp³-hybridized carbons (Fsp3) is 0.455. The maximum atomic E-state index is 12.9. The van der Waals surface area contributed by atoms with Crippen LogP contribution in [-0.4, -0.2) is 53.9 Å². The molecule has 0 aliphatic carbocycles. The number of benzene rings is 1. The van der Waals surface area contributed by atoms with Gasteiger partial charge in [0.1, 0.15) is 6.04 Å². The number of aromatic nitrogens is 1. The zero-order valence-corrected chi connectivity index (χ0v) is 17.9. The number of amides is 3. The summed E-state index contributed by atoms with van der Waals surface area (Å²) in [5.41, 5.74) is 6.75. The summed E-state index contributed by atoms with van der Waals surface area (Å²) in [6.45, 7) is 4.38. The normalized spacial score (nSPS) is 19.2. The molecule has 2 aromatic rings. The first-order valence-corrected chi connectivity index (χ1v) is 10.5. The van der Waals surface area contributed by atoms with Crippen LogP contribution in [0.15, 0.2) is 36.5 Å². The minimum atomic E-state index is -0.682. The van der Waals surface area contributed by atoms with Gasteiger partial charge in [-0.3, -0.25) is 19.4 Å². The van der Waals surface area contributed by atoms with E-state index in [0.717, 1.165) is 10.9 Å². The summed E-state index contributed by atoms with van der Waals surface area (Å²) in [7, 11) is 0. The molecule has 0 spiro atoms. The minimum Gasteiger partial charge on any atom is -0.351 e. The number of carbonyl (C=O) groups excluding carboxylic acids is 3. The predicted molar refractivity (Wildman–Crippen MR) is 119 cm³/mol. The van der Waals surface area contributed by atoms with Crippen LogP contribution >= 0.6 is 0 Å². The highest BCUT2D eigenvalue weighted by Gasteiger charge is 2.32. The van der Waals surface area contributed by atoms with Crippen LogP contribution in [0.1, 0.15) is 26.7 Å². The molecule has 0 bridgehead atoms. The molecule has 0 radical (unpaired) electrons. The van der Waals surface area contributed by atoms with Gasteiger partial charge in [0, 0.05) is 18.0 Å². The number of anilines is 1. The number of nitrogens with zero attached hydrogens (tertiary/aromatic N) is 1. The minimum absolute atomic E-state index is 0.0897. The van der Waals surface area contributed by atoms with E-state index in [9.17, 15) is 14.4 Å². The molecule has 9 nitrogen and oxygen atoms in total. The second-order valence-electron chi connectivity index (χ2n) is 8.26. The van der Waals surface area contributed by atoms with Crippen LogP contribution < -0.4 is 27.0 Å². The van der Waals surface area contributed by atoms with Gasteiger partial charge < -0.3 is 27.0 Å². The molecule has 31 heavy (non-hydrogen) atoms. The number of para-hydroxylation sites is 1. The topological polar surface area (TPSA) is 138 Å². The Morgan fingerprint density at radius 2 is 2.03 bits per heavy atom. The summed E-state index contributed by atoms with van der Waals surface area (Å²) >= 11 is 0. The molecule has 1 fully saturated rings. The Morgan fingerprint density at radius 1 is 1.26 bits per heavy atom. The Labute approximate surface area is 181 Å². The van der Waals surface area contributed by atoms with Gasteiger partial charge in [0.25, 0.3) is 0 Å². The second kappa shape index (κ2) is 10.3. The van der Waals surface area contributed by atoms with Gasteiger partial charge >= 0.3 is 0 Å². The standard InChI is InChI=1S/C22H30N6O3/c1-13(2)7-19(28-21(30)18-9-16(12-25-18)26-20(29)10-23)22(31)27-15-8-14-5-3-4-6-17(14)24-11-15/h3-6,8,11,13,16,18-19,25H,7,9-10,12,23H2,1-2H3,(H,26,29)(H,27,31)(H,28,30)/t16-,18+,19-/m1/s1. The molecule has 1 saturated heterocycles. The highest BCUT2D eigenvalue weighted by atomic mass is 16.2. The number of fused-ring (bicyclic) bond motifs is 1. The molecule has 3 rings (SSSR count). The average Bonchev–Trinajstić information content (AvgIpc) is 3.21. The van der Waals surface area contributed by atoms with Crippen LogP contribution in [0.4, 0.5) is 5.69 Å². The van der Waals surface area contributed by atoms with Crippen molar-refractivity contribution in [1.29, 1.82) is 0 Å². The molecule has 166 valence electrons. The van der Waals surface area contributed by atoms with Gasteiger partial charge in [-0.2, -0.15) is 0 Å². The lowest BCUT2D eigenvalue weighted by molar-refractivity contribution is -0.128. The number of pyridine rings is 1. The third-order valence-corrected chi connectivity index (χ3v) is 5.20. The van der Waals surface area contributed by atoms with E-state index in [1.165, 1.54) is 0 Å². The molecule has 0 saturated carbocycles. The average molecular weight is 427 g/mol. The van der Waals surface area contributed by atoms with Gasteiger partial charge in [-0.15, -0.1) is 0 Å². The van der Waals surface area contributed by atoms with E-state index < -0.39 is 12.1 Å². The largest absolute Gasteiger partial charge is 0.351 e. The van der Waals surface area contributed by atoms with Gasteiger partial charge in [0.15, 0.2) is 0 Å². The molecule has 2 heterocycles. The third kappa shape index (κ3) is 6.22. The summed E-state index contributed by atoms with van der Waals surface area (Å²) in [6, 6.07) is 8.19. The van der Waals surface area contributed by atoms with E-state index >= 15 is 0 Å². The Balaban J connectivity index is 1.63. The lowest BCUT2D eigenvalue weighted by Crippen LogP contribution is -2.50. The number of rotatable bonds is 8. The van der Waals surface area contributed by atoms with Crippen LogP contribution in [0.3, 0.4) is 0 Å². The Bertz CT molecular complexity index is 948.